The van der Waals surface area contributed by atoms with E-state index < -0.39 is 17.6 Å². The molecule has 0 unspecified atom stereocenters. The van der Waals surface area contributed by atoms with Crippen molar-refractivity contribution >= 4 is 92.3 Å². The Morgan fingerprint density at radius 1 is 0.494 bits per heavy atom. The van der Waals surface area contributed by atoms with Crippen molar-refractivity contribution in [2.24, 2.45) is 5.41 Å². The van der Waals surface area contributed by atoms with Crippen molar-refractivity contribution in [2.45, 2.75) is 131 Å². The van der Waals surface area contributed by atoms with Crippen molar-refractivity contribution < 1.29 is 42.5 Å². The van der Waals surface area contributed by atoms with E-state index in [-0.39, 0.29) is 65.2 Å². The number of hydrogen-bond donors (Lipinski definition) is 5. The Bertz CT molecular complexity index is 3610. The maximum Gasteiger partial charge on any atom is 0.573 e. The van der Waals surface area contributed by atoms with Crippen LogP contribution in [-0.2, 0) is 36.7 Å². The van der Waals surface area contributed by atoms with Gasteiger partial charge in [-0.3, -0.25) is 44.0 Å². The van der Waals surface area contributed by atoms with Crippen LogP contribution in [0, 0.1) is 12.3 Å². The number of anilines is 3. The Hall–Kier alpha value is -7.98. The van der Waals surface area contributed by atoms with E-state index in [0.29, 0.717) is 72.5 Å². The number of hydrogen-bond acceptors (Lipinski definition) is 12. The fourth-order valence-corrected chi connectivity index (χ4v) is 9.18. The van der Waals surface area contributed by atoms with Crippen LogP contribution in [0.2, 0.25) is 10.3 Å². The molecule has 0 saturated heterocycles. The maximum absolute atomic E-state index is 12.7. The normalized spacial score (nSPS) is 13.5. The van der Waals surface area contributed by atoms with Gasteiger partial charge in [0.25, 0.3) is 0 Å². The molecule has 3 amide bonds. The number of rotatable bonds is 12. The van der Waals surface area contributed by atoms with Gasteiger partial charge in [0.05, 0.1) is 29.7 Å². The molecule has 2 atom stereocenters. The smallest absolute Gasteiger partial charge is 0.406 e. The molecule has 6 aromatic heterocycles. The van der Waals surface area contributed by atoms with Crippen LogP contribution in [-0.4, -0.2) is 77.9 Å². The molecule has 18 nitrogen and oxygen atoms in total. The quantitative estimate of drug-likeness (QED) is 0.0720. The molecule has 0 aliphatic rings. The molecule has 0 spiro atoms. The lowest BCUT2D eigenvalue weighted by Crippen LogP contribution is -2.31. The number of ether oxygens (including phenoxy) is 1. The summed E-state index contributed by atoms with van der Waals surface area (Å²) < 4.78 is 46.4. The Labute approximate surface area is 488 Å². The molecular formula is C60H67Cl2F3N12O6. The third-order valence-corrected chi connectivity index (χ3v) is 12.9. The van der Waals surface area contributed by atoms with Gasteiger partial charge in [-0.1, -0.05) is 105 Å². The number of nitrogens with zero attached hydrogens (tertiary/aromatic N) is 9. The molecule has 438 valence electrons. The summed E-state index contributed by atoms with van der Waals surface area (Å²) in [7, 11) is 0. The number of benzene rings is 3. The molecule has 9 rings (SSSR count). The second-order valence-corrected chi connectivity index (χ2v) is 24.2. The number of carbonyl (C=O) groups is 3. The number of aromatic nitrogens is 9. The molecule has 0 aliphatic carbocycles. The van der Waals surface area contributed by atoms with Gasteiger partial charge in [-0.15, -0.1) is 13.2 Å². The average molecular weight is 1180 g/mol. The van der Waals surface area contributed by atoms with E-state index in [1.807, 2.05) is 115 Å². The molecule has 0 saturated carbocycles. The van der Waals surface area contributed by atoms with Gasteiger partial charge < -0.3 is 14.9 Å². The highest BCUT2D eigenvalue weighted by Gasteiger charge is 2.33. The number of fused-ring (bicyclic) bond motifs is 3. The van der Waals surface area contributed by atoms with Gasteiger partial charge in [-0.05, 0) is 140 Å². The zero-order valence-corrected chi connectivity index (χ0v) is 49.6. The number of carbonyl (C=O) groups excluding carboxylic acids is 3. The average Bonchev–Trinajstić information content (AvgIpc) is 3.28. The van der Waals surface area contributed by atoms with E-state index in [1.165, 1.54) is 24.3 Å². The third-order valence-electron chi connectivity index (χ3n) is 12.5. The summed E-state index contributed by atoms with van der Waals surface area (Å²) in [5.41, 5.74) is 2.55. The Balaban J connectivity index is 0.000000179. The fraction of sp³-hybridized carbons (Fsp3) is 0.350. The van der Waals surface area contributed by atoms with Crippen molar-refractivity contribution in [3.63, 3.8) is 0 Å². The van der Waals surface area contributed by atoms with Gasteiger partial charge in [0.1, 0.15) is 32.6 Å². The summed E-state index contributed by atoms with van der Waals surface area (Å²) in [4.78, 5) is 64.4. The van der Waals surface area contributed by atoms with Crippen LogP contribution in [0.3, 0.4) is 0 Å². The first-order valence-electron chi connectivity index (χ1n) is 26.4. The molecule has 0 aliphatic heterocycles. The second kappa shape index (κ2) is 24.5. The van der Waals surface area contributed by atoms with Crippen LogP contribution < -0.4 is 20.7 Å². The Morgan fingerprint density at radius 3 is 1.29 bits per heavy atom. The number of alkyl halides is 3. The fourth-order valence-electron chi connectivity index (χ4n) is 8.90. The first-order chi connectivity index (χ1) is 38.6. The highest BCUT2D eigenvalue weighted by Crippen LogP contribution is 2.33. The standard InChI is InChI=1S/2C20H23ClN4O2.C20H21F3N4O2/c2*1-19(2,3)25-17-14(10-11-15(21)23-17)22-18(25)24-16(26)12-20(4,27)13-8-6-5-7-9-13;1-12-5-10-15-17(24-12)27(18(25-15)26-16(28)11-19(2,3)4)13-6-8-14(9-7-13)29-20(21,22)23/h2*5-11,27H,12H2,1-4H3,(H,22,24,26);5-10H,11H2,1-4H3,(H,25,26,28)/t2*20-;/m10./s1. The van der Waals surface area contributed by atoms with Gasteiger partial charge in [0.2, 0.25) is 35.6 Å². The number of amides is 3. The number of imidazole rings is 3. The minimum absolute atomic E-state index is 0.0987. The van der Waals surface area contributed by atoms with E-state index in [1.54, 1.807) is 79.1 Å². The third kappa shape index (κ3) is 16.4. The molecule has 0 radical (unpaired) electrons. The minimum Gasteiger partial charge on any atom is -0.406 e. The number of aryl methyl sites for hydroxylation is 1. The molecule has 0 bridgehead atoms. The number of nitrogens with one attached hydrogen (secondary N) is 3. The first kappa shape index (κ1) is 62.6. The summed E-state index contributed by atoms with van der Waals surface area (Å²) in [5.74, 6) is -0.235. The summed E-state index contributed by atoms with van der Waals surface area (Å²) in [6, 6.07) is 34.0. The summed E-state index contributed by atoms with van der Waals surface area (Å²) >= 11 is 12.1. The second-order valence-electron chi connectivity index (χ2n) is 23.5. The van der Waals surface area contributed by atoms with Crippen molar-refractivity contribution in [1.82, 2.24) is 43.6 Å². The largest absolute Gasteiger partial charge is 0.573 e. The zero-order valence-electron chi connectivity index (χ0n) is 48.1. The molecule has 23 heteroatoms. The molecule has 3 aromatic carbocycles. The predicted molar refractivity (Wildman–Crippen MR) is 317 cm³/mol. The molecule has 83 heavy (non-hydrogen) atoms. The van der Waals surface area contributed by atoms with Crippen molar-refractivity contribution in [3.8, 4) is 11.4 Å². The molecule has 6 heterocycles. The lowest BCUT2D eigenvalue weighted by molar-refractivity contribution is -0.274. The topological polar surface area (TPSA) is 229 Å². The van der Waals surface area contributed by atoms with E-state index in [9.17, 15) is 37.8 Å². The molecular weight excluding hydrogens is 1110 g/mol. The highest BCUT2D eigenvalue weighted by molar-refractivity contribution is 6.30. The van der Waals surface area contributed by atoms with Crippen molar-refractivity contribution in [2.75, 3.05) is 16.0 Å². The van der Waals surface area contributed by atoms with Crippen LogP contribution in [0.4, 0.5) is 31.0 Å². The van der Waals surface area contributed by atoms with Gasteiger partial charge >= 0.3 is 6.36 Å². The lowest BCUT2D eigenvalue weighted by Gasteiger charge is -2.25. The van der Waals surface area contributed by atoms with Crippen molar-refractivity contribution in [1.29, 1.82) is 0 Å². The summed E-state index contributed by atoms with van der Waals surface area (Å²) in [6.07, 6.45) is -4.69. The van der Waals surface area contributed by atoms with Gasteiger partial charge in [-0.2, -0.15) is 0 Å². The van der Waals surface area contributed by atoms with Gasteiger partial charge in [0, 0.05) is 23.2 Å². The Morgan fingerprint density at radius 2 is 0.880 bits per heavy atom. The number of pyridine rings is 3. The Kier molecular flexibility index (Phi) is 18.5. The first-order valence-corrected chi connectivity index (χ1v) is 27.1. The van der Waals surface area contributed by atoms with Crippen LogP contribution >= 0.6 is 23.2 Å². The predicted octanol–water partition coefficient (Wildman–Crippen LogP) is 13.2. The highest BCUT2D eigenvalue weighted by atomic mass is 35.5. The van der Waals surface area contributed by atoms with E-state index >= 15 is 0 Å². The zero-order chi connectivity index (χ0) is 61.0. The van der Waals surface area contributed by atoms with Crippen LogP contribution in [0.1, 0.15) is 112 Å². The SMILES string of the molecule is CC(C)(C)n1c(NC(=O)C[C@@](C)(O)c2ccccc2)nc2ccc(Cl)nc21.CC(C)(C)n1c(NC(=O)C[C@](C)(O)c2ccccc2)nc2ccc(Cl)nc21.Cc1ccc2nc(NC(=O)CC(C)(C)C)n(-c3ccc(OC(F)(F)F)cc3)c2n1. The maximum atomic E-state index is 12.7. The van der Waals surface area contributed by atoms with Crippen molar-refractivity contribution in [3.05, 3.63) is 148 Å². The lowest BCUT2D eigenvalue weighted by atomic mass is 9.92. The minimum atomic E-state index is -4.77. The van der Waals surface area contributed by atoms with Crippen LogP contribution in [0.25, 0.3) is 39.2 Å². The van der Waals surface area contributed by atoms with E-state index in [4.69, 9.17) is 23.2 Å². The summed E-state index contributed by atoms with van der Waals surface area (Å²) in [5, 5.41) is 30.6. The number of aliphatic hydroxyl groups is 2. The van der Waals surface area contributed by atoms with Crippen LogP contribution in [0.5, 0.6) is 5.75 Å². The molecule has 0 fully saturated rings. The summed E-state index contributed by atoms with van der Waals surface area (Å²) in [6.45, 7) is 22.8. The molecule has 9 aromatic rings. The monoisotopic (exact) mass is 1180 g/mol. The van der Waals surface area contributed by atoms with Crippen LogP contribution in [0.15, 0.2) is 121 Å². The van der Waals surface area contributed by atoms with E-state index in [0.717, 1.165) is 5.69 Å². The van der Waals surface area contributed by atoms with Gasteiger partial charge in [-0.25, -0.2) is 29.9 Å². The molecule has 5 N–H and O–H groups in total. The van der Waals surface area contributed by atoms with Gasteiger partial charge in [0.15, 0.2) is 16.9 Å². The van der Waals surface area contributed by atoms with E-state index in [2.05, 4.69) is 50.6 Å². The number of halogens is 5.